The number of fused-ring (bicyclic) bond motifs is 9. The Balaban J connectivity index is 1.12. The summed E-state index contributed by atoms with van der Waals surface area (Å²) in [5, 5.41) is 7.33. The lowest BCUT2D eigenvalue weighted by atomic mass is 9.80. The van der Waals surface area contributed by atoms with Crippen LogP contribution in [0, 0.1) is 0 Å². The molecule has 0 fully saturated rings. The number of anilines is 3. The van der Waals surface area contributed by atoms with Crippen LogP contribution in [-0.2, 0) is 5.41 Å². The van der Waals surface area contributed by atoms with Gasteiger partial charge in [0.25, 0.3) is 0 Å². The van der Waals surface area contributed by atoms with Crippen LogP contribution in [0.15, 0.2) is 192 Å². The van der Waals surface area contributed by atoms with Crippen LogP contribution in [0.3, 0.4) is 0 Å². The molecule has 0 saturated heterocycles. The number of para-hydroxylation sites is 2. The van der Waals surface area contributed by atoms with Gasteiger partial charge < -0.3 is 9.32 Å². The summed E-state index contributed by atoms with van der Waals surface area (Å²) < 4.78 is 6.46. The van der Waals surface area contributed by atoms with E-state index >= 15 is 0 Å². The number of hydrogen-bond acceptors (Lipinski definition) is 2. The fourth-order valence-corrected chi connectivity index (χ4v) is 9.27. The van der Waals surface area contributed by atoms with Crippen molar-refractivity contribution in [2.75, 3.05) is 4.90 Å². The van der Waals surface area contributed by atoms with Gasteiger partial charge in [0.2, 0.25) is 0 Å². The number of nitrogens with zero attached hydrogens (tertiary/aromatic N) is 1. The Bertz CT molecular complexity index is 3110. The summed E-state index contributed by atoms with van der Waals surface area (Å²) in [6.07, 6.45) is 0. The fourth-order valence-electron chi connectivity index (χ4n) is 9.27. The third-order valence-corrected chi connectivity index (χ3v) is 11.8. The average molecular weight is 704 g/mol. The summed E-state index contributed by atoms with van der Waals surface area (Å²) in [5.74, 6) is 0. The lowest BCUT2D eigenvalue weighted by Gasteiger charge is -2.30. The van der Waals surface area contributed by atoms with Gasteiger partial charge in [-0.2, -0.15) is 0 Å². The second-order valence-electron chi connectivity index (χ2n) is 15.3. The van der Waals surface area contributed by atoms with Crippen LogP contribution in [0.5, 0.6) is 0 Å². The average Bonchev–Trinajstić information content (AvgIpc) is 3.74. The van der Waals surface area contributed by atoms with E-state index in [-0.39, 0.29) is 5.41 Å². The summed E-state index contributed by atoms with van der Waals surface area (Å²) in [5.41, 5.74) is 15.0. The molecule has 1 aliphatic rings. The molecular weight excluding hydrogens is 667 g/mol. The van der Waals surface area contributed by atoms with Crippen LogP contribution in [0.4, 0.5) is 17.1 Å². The highest BCUT2D eigenvalue weighted by atomic mass is 16.3. The first-order valence-electron chi connectivity index (χ1n) is 19.1. The third kappa shape index (κ3) is 4.81. The Hall–Kier alpha value is -6.90. The van der Waals surface area contributed by atoms with E-state index in [1.807, 2.05) is 12.1 Å². The van der Waals surface area contributed by atoms with Crippen LogP contribution in [-0.4, -0.2) is 0 Å². The van der Waals surface area contributed by atoms with Gasteiger partial charge in [-0.1, -0.05) is 166 Å². The van der Waals surface area contributed by atoms with Gasteiger partial charge in [0.15, 0.2) is 0 Å². The monoisotopic (exact) mass is 703 g/mol. The summed E-state index contributed by atoms with van der Waals surface area (Å²) in [4.78, 5) is 2.46. The first kappa shape index (κ1) is 31.6. The van der Waals surface area contributed by atoms with Crippen molar-refractivity contribution >= 4 is 60.5 Å². The van der Waals surface area contributed by atoms with Crippen molar-refractivity contribution in [2.45, 2.75) is 19.3 Å². The topological polar surface area (TPSA) is 16.4 Å². The van der Waals surface area contributed by atoms with Crippen molar-refractivity contribution in [3.8, 4) is 33.4 Å². The van der Waals surface area contributed by atoms with Gasteiger partial charge >= 0.3 is 0 Å². The summed E-state index contributed by atoms with van der Waals surface area (Å²) in [7, 11) is 0. The van der Waals surface area contributed by atoms with E-state index in [2.05, 4.69) is 195 Å². The molecular formula is C53H37NO. The molecule has 0 bridgehead atoms. The molecule has 1 aromatic heterocycles. The minimum atomic E-state index is -0.166. The van der Waals surface area contributed by atoms with Gasteiger partial charge in [0.1, 0.15) is 11.2 Å². The molecule has 0 unspecified atom stereocenters. The molecule has 0 spiro atoms. The quantitative estimate of drug-likeness (QED) is 0.177. The third-order valence-electron chi connectivity index (χ3n) is 11.8. The van der Waals surface area contributed by atoms with Gasteiger partial charge in [-0.3, -0.25) is 0 Å². The molecule has 10 aromatic rings. The van der Waals surface area contributed by atoms with Crippen molar-refractivity contribution in [1.29, 1.82) is 0 Å². The van der Waals surface area contributed by atoms with Crippen LogP contribution in [0.1, 0.15) is 25.0 Å². The number of benzene rings is 9. The van der Waals surface area contributed by atoms with E-state index in [0.29, 0.717) is 0 Å². The van der Waals surface area contributed by atoms with Gasteiger partial charge in [0, 0.05) is 38.7 Å². The Kier molecular flexibility index (Phi) is 6.93. The Morgan fingerprint density at radius 2 is 0.982 bits per heavy atom. The molecule has 0 saturated carbocycles. The summed E-state index contributed by atoms with van der Waals surface area (Å²) in [6.45, 7) is 4.76. The number of rotatable bonds is 5. The Labute approximate surface area is 320 Å². The van der Waals surface area contributed by atoms with Crippen molar-refractivity contribution in [3.05, 3.63) is 199 Å². The highest BCUT2D eigenvalue weighted by molar-refractivity contribution is 6.10. The molecule has 9 aromatic carbocycles. The summed E-state index contributed by atoms with van der Waals surface area (Å²) in [6, 6.07) is 68.4. The maximum Gasteiger partial charge on any atom is 0.143 e. The molecule has 0 N–H and O–H groups in total. The maximum atomic E-state index is 6.46. The van der Waals surface area contributed by atoms with E-state index in [1.165, 1.54) is 60.6 Å². The zero-order chi connectivity index (χ0) is 36.7. The fraction of sp³-hybridized carbons (Fsp3) is 0.0566. The van der Waals surface area contributed by atoms with Gasteiger partial charge in [-0.25, -0.2) is 0 Å². The summed E-state index contributed by atoms with van der Waals surface area (Å²) >= 11 is 0. The largest absolute Gasteiger partial charge is 0.455 e. The SMILES string of the molecule is CC1(C)c2ccccc2-c2c(N(c3ccc(-c4cccc5ccccc45)cc3)c3ccc(-c4cccc5c4oc4ccccc45)cc3)cc3ccccc3c21. The highest BCUT2D eigenvalue weighted by Gasteiger charge is 2.39. The molecule has 0 radical (unpaired) electrons. The normalized spacial score (nSPS) is 13.1. The molecule has 2 nitrogen and oxygen atoms in total. The molecule has 11 rings (SSSR count). The lowest BCUT2D eigenvalue weighted by molar-refractivity contribution is 0.666. The van der Waals surface area contributed by atoms with Crippen LogP contribution < -0.4 is 4.90 Å². The van der Waals surface area contributed by atoms with E-state index in [9.17, 15) is 0 Å². The van der Waals surface area contributed by atoms with Gasteiger partial charge in [-0.15, -0.1) is 0 Å². The predicted molar refractivity (Wildman–Crippen MR) is 232 cm³/mol. The smallest absolute Gasteiger partial charge is 0.143 e. The van der Waals surface area contributed by atoms with E-state index in [4.69, 9.17) is 4.42 Å². The van der Waals surface area contributed by atoms with Gasteiger partial charge in [-0.05, 0) is 91.3 Å². The molecule has 2 heteroatoms. The van der Waals surface area contributed by atoms with E-state index < -0.39 is 0 Å². The second kappa shape index (κ2) is 12.1. The minimum Gasteiger partial charge on any atom is -0.455 e. The molecule has 0 amide bonds. The van der Waals surface area contributed by atoms with Gasteiger partial charge in [0.05, 0.1) is 5.69 Å². The van der Waals surface area contributed by atoms with Crippen molar-refractivity contribution in [1.82, 2.24) is 0 Å². The van der Waals surface area contributed by atoms with E-state index in [1.54, 1.807) is 0 Å². The van der Waals surface area contributed by atoms with Crippen molar-refractivity contribution in [2.24, 2.45) is 0 Å². The highest BCUT2D eigenvalue weighted by Crippen LogP contribution is 2.57. The number of furan rings is 1. The first-order valence-corrected chi connectivity index (χ1v) is 19.1. The van der Waals surface area contributed by atoms with Crippen LogP contribution in [0.2, 0.25) is 0 Å². The standard InChI is InChI=1S/C53H37NO/c1-53(2)47-23-9-7-19-46(47)50-48(33-37-14-4-6-17-42(37)51(50)53)54(38-29-25-35(26-30-38)41-20-11-15-34-13-3-5-16-40(34)41)39-31-27-36(28-32-39)43-21-12-22-45-44-18-8-10-24-49(44)55-52(43)45/h3-33H,1-2H3. The van der Waals surface area contributed by atoms with Crippen molar-refractivity contribution in [3.63, 3.8) is 0 Å². The van der Waals surface area contributed by atoms with Crippen LogP contribution in [0.25, 0.3) is 76.9 Å². The molecule has 260 valence electrons. The Morgan fingerprint density at radius 3 is 1.76 bits per heavy atom. The predicted octanol–water partition coefficient (Wildman–Crippen LogP) is 15.0. The lowest BCUT2D eigenvalue weighted by Crippen LogP contribution is -2.16. The second-order valence-corrected chi connectivity index (χ2v) is 15.3. The minimum absolute atomic E-state index is 0.166. The van der Waals surface area contributed by atoms with E-state index in [0.717, 1.165) is 44.4 Å². The molecule has 1 aliphatic carbocycles. The number of hydrogen-bond donors (Lipinski definition) is 0. The zero-order valence-electron chi connectivity index (χ0n) is 30.8. The Morgan fingerprint density at radius 1 is 0.436 bits per heavy atom. The molecule has 55 heavy (non-hydrogen) atoms. The molecule has 1 heterocycles. The maximum absolute atomic E-state index is 6.46. The zero-order valence-corrected chi connectivity index (χ0v) is 30.8. The van der Waals surface area contributed by atoms with Crippen LogP contribution >= 0.6 is 0 Å². The molecule has 0 atom stereocenters. The first-order chi connectivity index (χ1) is 27.0. The molecule has 0 aliphatic heterocycles. The van der Waals surface area contributed by atoms with Crippen molar-refractivity contribution < 1.29 is 4.42 Å².